The number of amides is 1. The molecule has 2 aromatic carbocycles. The summed E-state index contributed by atoms with van der Waals surface area (Å²) in [5.74, 6) is -11.9. The molecule has 15 nitrogen and oxygen atoms in total. The first-order chi connectivity index (χ1) is 21.5. The van der Waals surface area contributed by atoms with Gasteiger partial charge in [-0.25, -0.2) is 4.21 Å². The van der Waals surface area contributed by atoms with Crippen LogP contribution < -0.4 is 28.1 Å². The second-order valence-electron chi connectivity index (χ2n) is 12.3. The van der Waals surface area contributed by atoms with Crippen LogP contribution in [0.2, 0.25) is 0 Å². The molecule has 238 valence electrons. The van der Waals surface area contributed by atoms with Crippen LogP contribution in [-0.4, -0.2) is 84.7 Å². The fourth-order valence-electron chi connectivity index (χ4n) is 8.06. The van der Waals surface area contributed by atoms with E-state index >= 15 is 0 Å². The first-order valence-electron chi connectivity index (χ1n) is 14.0. The van der Waals surface area contributed by atoms with Crippen molar-refractivity contribution in [1.82, 2.24) is 9.88 Å². The van der Waals surface area contributed by atoms with E-state index in [1.165, 1.54) is 26.2 Å². The molecule has 12 N–H and O–H groups in total. The van der Waals surface area contributed by atoms with E-state index in [-0.39, 0.29) is 11.1 Å². The molecule has 2 saturated carbocycles. The number of fused-ring (bicyclic) bond motifs is 4. The highest BCUT2D eigenvalue weighted by Crippen LogP contribution is 2.59. The number of nitrogens with one attached hydrogen (secondary N) is 1. The van der Waals surface area contributed by atoms with Crippen molar-refractivity contribution in [3.8, 4) is 23.1 Å². The molecule has 6 rings (SSSR count). The lowest BCUT2D eigenvalue weighted by atomic mass is 9.42. The zero-order valence-electron chi connectivity index (χ0n) is 24.5. The van der Waals surface area contributed by atoms with Crippen LogP contribution in [-0.2, 0) is 30.2 Å². The molecule has 2 fully saturated rings. The van der Waals surface area contributed by atoms with E-state index in [2.05, 4.69) is 4.98 Å². The number of rotatable bonds is 4. The largest absolute Gasteiger partial charge is 0.506 e. The molecule has 3 aromatic rings. The van der Waals surface area contributed by atoms with Gasteiger partial charge in [-0.15, -0.1) is 0 Å². The van der Waals surface area contributed by atoms with Crippen LogP contribution in [0, 0.1) is 28.6 Å². The Morgan fingerprint density at radius 3 is 2.30 bits per heavy atom. The van der Waals surface area contributed by atoms with Crippen LogP contribution in [0.25, 0.3) is 22.2 Å². The van der Waals surface area contributed by atoms with Gasteiger partial charge in [-0.3, -0.25) is 34.0 Å². The summed E-state index contributed by atoms with van der Waals surface area (Å²) in [7, 11) is -0.133. The number of ketones is 4. The van der Waals surface area contributed by atoms with Crippen molar-refractivity contribution in [2.75, 3.05) is 14.1 Å². The van der Waals surface area contributed by atoms with Crippen molar-refractivity contribution >= 4 is 50.9 Å². The van der Waals surface area contributed by atoms with Crippen LogP contribution in [0.1, 0.15) is 22.0 Å². The van der Waals surface area contributed by atoms with Crippen molar-refractivity contribution in [1.29, 1.82) is 5.26 Å². The Kier molecular flexibility index (Phi) is 6.77. The minimum Gasteiger partial charge on any atom is -0.506 e. The molecule has 1 aromatic heterocycles. The summed E-state index contributed by atoms with van der Waals surface area (Å²) in [6, 6.07) is 10.0. The fraction of sp³-hybridized carbons (Fsp3) is 0.333. The lowest BCUT2D eigenvalue weighted by molar-refractivity contribution is -0.166. The van der Waals surface area contributed by atoms with E-state index in [1.807, 2.05) is 12.1 Å². The Bertz CT molecular complexity index is 1970. The molecular weight excluding hydrogens is 616 g/mol. The SMILES string of the molecule is CN(C)[C@@H]1C(=O)C(C(N)=O)C(=O)[C@@]2(C#N)C(=O)C3C(=O)c4c(ccc(-c5cc6ccccc6[nH]5)c4O)[C@H](N)[C@@]3(N)[C@H](S(N)=O)[C@@]12N. The number of hydrogen-bond donors (Lipinski definition) is 7. The number of carbonyl (C=O) groups excluding carboxylic acids is 5. The molecule has 0 aliphatic heterocycles. The van der Waals surface area contributed by atoms with Gasteiger partial charge in [0.15, 0.2) is 34.5 Å². The monoisotopic (exact) mass is 646 g/mol. The van der Waals surface area contributed by atoms with Gasteiger partial charge in [-0.05, 0) is 37.9 Å². The third kappa shape index (κ3) is 3.46. The van der Waals surface area contributed by atoms with Crippen molar-refractivity contribution in [3.05, 3.63) is 53.6 Å². The van der Waals surface area contributed by atoms with E-state index in [0.29, 0.717) is 5.69 Å². The first-order valence-corrected chi connectivity index (χ1v) is 15.3. The summed E-state index contributed by atoms with van der Waals surface area (Å²) >= 11 is 0. The number of carbonyl (C=O) groups is 5. The quantitative estimate of drug-likeness (QED) is 0.152. The zero-order valence-corrected chi connectivity index (χ0v) is 25.3. The molecular formula is C30H30N8O7S. The number of phenols is 1. The van der Waals surface area contributed by atoms with Gasteiger partial charge in [0.05, 0.1) is 56.7 Å². The average molecular weight is 647 g/mol. The number of aromatic amines is 1. The number of primary amides is 1. The molecule has 16 heteroatoms. The molecule has 3 aliphatic rings. The molecule has 0 spiro atoms. The Hall–Kier alpha value is -4.63. The Morgan fingerprint density at radius 1 is 1.09 bits per heavy atom. The standard InChI is InChI=1S/C30H30N8O7S/c1-38(2)23-21(41)17(26(33)44)24(42)28(10-31)25(43)18-20(40)16-13(22(32)29(18,34)27(46(36)45)30(23,28)35)8-7-12(19(16)39)15-9-11-5-3-4-6-14(11)37-15/h3-9,17-18,22-23,27,37,39H,32,34-36H2,1-2H3,(H2,33,44)/t17?,18?,22-,23+,27-,28-,29+,30-,46?/m0/s1. The predicted molar refractivity (Wildman–Crippen MR) is 163 cm³/mol. The van der Waals surface area contributed by atoms with Gasteiger partial charge in [0.25, 0.3) is 0 Å². The number of para-hydroxylation sites is 1. The van der Waals surface area contributed by atoms with E-state index in [4.69, 9.17) is 28.1 Å². The molecule has 0 bridgehead atoms. The molecule has 3 aliphatic carbocycles. The number of hydrogen-bond acceptors (Lipinski definition) is 12. The number of likely N-dealkylation sites (N-methyl/N-ethyl adjacent to an activating group) is 1. The number of nitriles is 1. The lowest BCUT2D eigenvalue weighted by Gasteiger charge is -2.64. The summed E-state index contributed by atoms with van der Waals surface area (Å²) in [4.78, 5) is 73.8. The number of Topliss-reactive ketones (excluding diaryl/α,β-unsaturated/α-hetero) is 4. The number of phenolic OH excluding ortho intramolecular Hbond substituents is 1. The second-order valence-corrected chi connectivity index (χ2v) is 13.4. The maximum atomic E-state index is 14.7. The van der Waals surface area contributed by atoms with Crippen LogP contribution in [0.5, 0.6) is 5.75 Å². The number of nitrogens with zero attached hydrogens (tertiary/aromatic N) is 2. The molecule has 0 saturated heterocycles. The second kappa shape index (κ2) is 9.93. The van der Waals surface area contributed by atoms with Crippen LogP contribution in [0.3, 0.4) is 0 Å². The minimum atomic E-state index is -3.17. The molecule has 9 atom stereocenters. The fourth-order valence-corrected chi connectivity index (χ4v) is 9.43. The maximum Gasteiger partial charge on any atom is 0.235 e. The van der Waals surface area contributed by atoms with Crippen molar-refractivity contribution in [3.63, 3.8) is 0 Å². The van der Waals surface area contributed by atoms with Gasteiger partial charge < -0.3 is 33.0 Å². The summed E-state index contributed by atoms with van der Waals surface area (Å²) in [5.41, 5.74) is 18.3. The highest BCUT2D eigenvalue weighted by Gasteiger charge is 2.84. The number of aromatic nitrogens is 1. The van der Waals surface area contributed by atoms with Gasteiger partial charge in [0.2, 0.25) is 5.91 Å². The smallest absolute Gasteiger partial charge is 0.235 e. The van der Waals surface area contributed by atoms with Crippen molar-refractivity contribution in [2.45, 2.75) is 28.4 Å². The zero-order chi connectivity index (χ0) is 33.8. The average Bonchev–Trinajstić information content (AvgIpc) is 3.39. The van der Waals surface area contributed by atoms with Crippen LogP contribution in [0.4, 0.5) is 0 Å². The van der Waals surface area contributed by atoms with E-state index in [1.54, 1.807) is 24.3 Å². The topological polar surface area (TPSA) is 296 Å². The first kappa shape index (κ1) is 31.4. The predicted octanol–water partition coefficient (Wildman–Crippen LogP) is -1.99. The number of aromatic hydroxyl groups is 1. The number of benzene rings is 2. The third-order valence-corrected chi connectivity index (χ3v) is 11.2. The number of H-pyrrole nitrogens is 1. The molecule has 0 radical (unpaired) electrons. The maximum absolute atomic E-state index is 14.7. The molecule has 1 amide bonds. The summed E-state index contributed by atoms with van der Waals surface area (Å²) in [6.07, 6.45) is 0. The summed E-state index contributed by atoms with van der Waals surface area (Å²) in [5, 5.41) is 27.0. The molecule has 3 unspecified atom stereocenters. The summed E-state index contributed by atoms with van der Waals surface area (Å²) < 4.78 is 13.6. The van der Waals surface area contributed by atoms with Gasteiger partial charge in [0, 0.05) is 16.5 Å². The van der Waals surface area contributed by atoms with Gasteiger partial charge in [0.1, 0.15) is 11.7 Å². The Morgan fingerprint density at radius 2 is 1.74 bits per heavy atom. The van der Waals surface area contributed by atoms with Crippen molar-refractivity contribution in [2.24, 2.45) is 45.3 Å². The molecule has 1 heterocycles. The third-order valence-electron chi connectivity index (χ3n) is 9.92. The Labute approximate surface area is 263 Å². The van der Waals surface area contributed by atoms with Gasteiger partial charge in [-0.2, -0.15) is 5.26 Å². The van der Waals surface area contributed by atoms with Crippen LogP contribution in [0.15, 0.2) is 42.5 Å². The minimum absolute atomic E-state index is 0.0534. The highest BCUT2D eigenvalue weighted by atomic mass is 32.2. The van der Waals surface area contributed by atoms with Gasteiger partial charge >= 0.3 is 0 Å². The normalized spacial score (nSPS) is 34.5. The number of nitrogens with two attached hydrogens (primary N) is 5. The Balaban J connectivity index is 1.66. The van der Waals surface area contributed by atoms with Gasteiger partial charge in [-0.1, -0.05) is 24.3 Å². The van der Waals surface area contributed by atoms with E-state index in [0.717, 1.165) is 15.8 Å². The molecule has 46 heavy (non-hydrogen) atoms. The van der Waals surface area contributed by atoms with Crippen molar-refractivity contribution < 1.29 is 33.3 Å². The summed E-state index contributed by atoms with van der Waals surface area (Å²) in [6.45, 7) is 0. The van der Waals surface area contributed by atoms with E-state index < -0.39 is 97.0 Å². The lowest BCUT2D eigenvalue weighted by Crippen LogP contribution is -2.93. The van der Waals surface area contributed by atoms with Crippen LogP contribution >= 0.6 is 0 Å². The van der Waals surface area contributed by atoms with E-state index in [9.17, 15) is 38.6 Å². The highest BCUT2D eigenvalue weighted by molar-refractivity contribution is 7.83.